The van der Waals surface area contributed by atoms with E-state index in [4.69, 9.17) is 0 Å². The number of anilines is 1. The Morgan fingerprint density at radius 2 is 2.03 bits per heavy atom. The molecule has 0 saturated heterocycles. The molecule has 6 nitrogen and oxygen atoms in total. The molecule has 2 aromatic heterocycles. The standard InChI is InChI=1S/C21H26FN5OS/c1-13-15(3)29-21(23-13)24-20(28)14(2)27(4)11-5-6-18-12-19(26-25-18)16-7-9-17(22)10-8-16/h7-10,12,14H,5-6,11H2,1-4H3,(H,25,26)(H,23,24,28). The number of thiazole rings is 1. The molecule has 1 unspecified atom stereocenters. The minimum absolute atomic E-state index is 0.0543. The van der Waals surface area contributed by atoms with Gasteiger partial charge in [0.1, 0.15) is 5.82 Å². The number of nitrogens with zero attached hydrogens (tertiary/aromatic N) is 3. The van der Waals surface area contributed by atoms with Crippen LogP contribution >= 0.6 is 11.3 Å². The predicted molar refractivity (Wildman–Crippen MR) is 115 cm³/mol. The molecule has 2 N–H and O–H groups in total. The first-order valence-electron chi connectivity index (χ1n) is 9.59. The van der Waals surface area contributed by atoms with Crippen LogP contribution < -0.4 is 5.32 Å². The van der Waals surface area contributed by atoms with Crippen molar-refractivity contribution >= 4 is 22.4 Å². The summed E-state index contributed by atoms with van der Waals surface area (Å²) in [7, 11) is 1.94. The molecule has 0 spiro atoms. The summed E-state index contributed by atoms with van der Waals surface area (Å²) in [6, 6.07) is 8.02. The van der Waals surface area contributed by atoms with Gasteiger partial charge in [0.15, 0.2) is 5.13 Å². The van der Waals surface area contributed by atoms with Gasteiger partial charge in [-0.05, 0) is 77.5 Å². The summed E-state index contributed by atoms with van der Waals surface area (Å²) >= 11 is 1.49. The van der Waals surface area contributed by atoms with Crippen molar-refractivity contribution in [2.24, 2.45) is 0 Å². The number of hydrogen-bond donors (Lipinski definition) is 2. The Morgan fingerprint density at radius 1 is 1.31 bits per heavy atom. The van der Waals surface area contributed by atoms with Gasteiger partial charge in [-0.1, -0.05) is 0 Å². The largest absolute Gasteiger partial charge is 0.301 e. The van der Waals surface area contributed by atoms with E-state index < -0.39 is 0 Å². The first-order valence-corrected chi connectivity index (χ1v) is 10.4. The number of aromatic amines is 1. The van der Waals surface area contributed by atoms with Crippen LogP contribution in [0.15, 0.2) is 30.3 Å². The first-order chi connectivity index (χ1) is 13.8. The van der Waals surface area contributed by atoms with Crippen molar-refractivity contribution in [3.8, 4) is 11.3 Å². The maximum absolute atomic E-state index is 13.0. The zero-order valence-corrected chi connectivity index (χ0v) is 17.9. The predicted octanol–water partition coefficient (Wildman–Crippen LogP) is 4.18. The van der Waals surface area contributed by atoms with Crippen LogP contribution in [0.4, 0.5) is 9.52 Å². The lowest BCUT2D eigenvalue weighted by atomic mass is 10.1. The molecule has 3 rings (SSSR count). The van der Waals surface area contributed by atoms with Gasteiger partial charge in [-0.2, -0.15) is 5.10 Å². The molecule has 0 saturated carbocycles. The molecule has 0 fully saturated rings. The molecular formula is C21H26FN5OS. The molecule has 1 amide bonds. The minimum Gasteiger partial charge on any atom is -0.301 e. The second kappa shape index (κ2) is 9.28. The van der Waals surface area contributed by atoms with E-state index in [1.807, 2.05) is 38.8 Å². The summed E-state index contributed by atoms with van der Waals surface area (Å²) in [4.78, 5) is 20.0. The monoisotopic (exact) mass is 415 g/mol. The Kier molecular flexibility index (Phi) is 6.76. The van der Waals surface area contributed by atoms with Crippen LogP contribution in [0.5, 0.6) is 0 Å². The lowest BCUT2D eigenvalue weighted by Crippen LogP contribution is -2.40. The van der Waals surface area contributed by atoms with Crippen LogP contribution in [0.3, 0.4) is 0 Å². The Hall–Kier alpha value is -2.58. The smallest absolute Gasteiger partial charge is 0.243 e. The number of aryl methyl sites for hydroxylation is 3. The van der Waals surface area contributed by atoms with Crippen LogP contribution in [-0.4, -0.2) is 45.6 Å². The first kappa shape index (κ1) is 21.1. The third-order valence-electron chi connectivity index (χ3n) is 5.03. The van der Waals surface area contributed by atoms with Gasteiger partial charge in [-0.15, -0.1) is 11.3 Å². The molecule has 1 atom stereocenters. The molecule has 0 aliphatic rings. The Labute approximate surface area is 174 Å². The highest BCUT2D eigenvalue weighted by Crippen LogP contribution is 2.21. The van der Waals surface area contributed by atoms with Gasteiger partial charge in [0.05, 0.1) is 17.4 Å². The van der Waals surface area contributed by atoms with Crippen LogP contribution in [0, 0.1) is 19.7 Å². The van der Waals surface area contributed by atoms with Gasteiger partial charge in [0.25, 0.3) is 0 Å². The third kappa shape index (κ3) is 5.48. The number of likely N-dealkylation sites (N-methyl/N-ethyl adjacent to an activating group) is 1. The number of aromatic nitrogens is 3. The highest BCUT2D eigenvalue weighted by atomic mass is 32.1. The molecule has 8 heteroatoms. The second-order valence-corrected chi connectivity index (χ2v) is 8.40. The van der Waals surface area contributed by atoms with Crippen molar-refractivity contribution in [2.75, 3.05) is 18.9 Å². The molecule has 0 aliphatic heterocycles. The number of nitrogens with one attached hydrogen (secondary N) is 2. The van der Waals surface area contributed by atoms with E-state index >= 15 is 0 Å². The highest BCUT2D eigenvalue weighted by molar-refractivity contribution is 7.15. The van der Waals surface area contributed by atoms with Crippen molar-refractivity contribution < 1.29 is 9.18 Å². The molecule has 2 heterocycles. The summed E-state index contributed by atoms with van der Waals surface area (Å²) < 4.78 is 13.0. The highest BCUT2D eigenvalue weighted by Gasteiger charge is 2.19. The average molecular weight is 416 g/mol. The van der Waals surface area contributed by atoms with Crippen LogP contribution in [0.2, 0.25) is 0 Å². The van der Waals surface area contributed by atoms with E-state index in [1.54, 1.807) is 12.1 Å². The lowest BCUT2D eigenvalue weighted by molar-refractivity contribution is -0.120. The van der Waals surface area contributed by atoms with Crippen molar-refractivity contribution in [3.05, 3.63) is 52.4 Å². The Balaban J connectivity index is 1.47. The quantitative estimate of drug-likeness (QED) is 0.579. The molecule has 3 aromatic rings. The number of amides is 1. The number of benzene rings is 1. The maximum Gasteiger partial charge on any atom is 0.243 e. The summed E-state index contributed by atoms with van der Waals surface area (Å²) in [5.74, 6) is -0.313. The summed E-state index contributed by atoms with van der Waals surface area (Å²) in [5.41, 5.74) is 3.65. The second-order valence-electron chi connectivity index (χ2n) is 7.20. The SMILES string of the molecule is Cc1nc(NC(=O)C(C)N(C)CCCc2cc(-c3ccc(F)cc3)n[nH]2)sc1C. The zero-order valence-electron chi connectivity index (χ0n) is 17.1. The topological polar surface area (TPSA) is 73.9 Å². The van der Waals surface area contributed by atoms with Gasteiger partial charge >= 0.3 is 0 Å². The molecule has 29 heavy (non-hydrogen) atoms. The van der Waals surface area contributed by atoms with E-state index in [1.165, 1.54) is 23.5 Å². The van der Waals surface area contributed by atoms with Gasteiger partial charge in [-0.25, -0.2) is 9.37 Å². The Morgan fingerprint density at radius 3 is 2.69 bits per heavy atom. The minimum atomic E-state index is -0.258. The van der Waals surface area contributed by atoms with Gasteiger partial charge in [0, 0.05) is 16.1 Å². The molecule has 1 aromatic carbocycles. The van der Waals surface area contributed by atoms with Crippen LogP contribution in [-0.2, 0) is 11.2 Å². The fraction of sp³-hybridized carbons (Fsp3) is 0.381. The molecule has 154 valence electrons. The van der Waals surface area contributed by atoms with Crippen molar-refractivity contribution in [1.29, 1.82) is 0 Å². The number of carbonyl (C=O) groups is 1. The summed E-state index contributed by atoms with van der Waals surface area (Å²) in [5, 5.41) is 10.9. The summed E-state index contributed by atoms with van der Waals surface area (Å²) in [6.45, 7) is 6.60. The number of hydrogen-bond acceptors (Lipinski definition) is 5. The zero-order chi connectivity index (χ0) is 21.0. The molecule has 0 aliphatic carbocycles. The fourth-order valence-electron chi connectivity index (χ4n) is 2.91. The lowest BCUT2D eigenvalue weighted by Gasteiger charge is -2.23. The fourth-order valence-corrected chi connectivity index (χ4v) is 3.72. The van der Waals surface area contributed by atoms with E-state index in [9.17, 15) is 9.18 Å². The number of H-pyrrole nitrogens is 1. The van der Waals surface area contributed by atoms with E-state index in [2.05, 4.69) is 20.5 Å². The van der Waals surface area contributed by atoms with Gasteiger partial charge in [0.2, 0.25) is 5.91 Å². The van der Waals surface area contributed by atoms with Crippen molar-refractivity contribution in [3.63, 3.8) is 0 Å². The normalized spacial score (nSPS) is 12.3. The van der Waals surface area contributed by atoms with E-state index in [0.29, 0.717) is 5.13 Å². The maximum atomic E-state index is 13.0. The summed E-state index contributed by atoms with van der Waals surface area (Å²) in [6.07, 6.45) is 1.70. The third-order valence-corrected chi connectivity index (χ3v) is 6.02. The van der Waals surface area contributed by atoms with E-state index in [0.717, 1.165) is 46.9 Å². The number of rotatable bonds is 8. The van der Waals surface area contributed by atoms with Crippen molar-refractivity contribution in [1.82, 2.24) is 20.1 Å². The molecule has 0 radical (unpaired) electrons. The number of carbonyl (C=O) groups excluding carboxylic acids is 1. The molecular weight excluding hydrogens is 389 g/mol. The molecule has 0 bridgehead atoms. The van der Waals surface area contributed by atoms with E-state index in [-0.39, 0.29) is 17.8 Å². The van der Waals surface area contributed by atoms with Crippen molar-refractivity contribution in [2.45, 2.75) is 39.7 Å². The average Bonchev–Trinajstić information content (AvgIpc) is 3.28. The van der Waals surface area contributed by atoms with Crippen LogP contribution in [0.1, 0.15) is 29.6 Å². The van der Waals surface area contributed by atoms with Gasteiger partial charge < -0.3 is 5.32 Å². The van der Waals surface area contributed by atoms with Gasteiger partial charge in [-0.3, -0.25) is 14.8 Å². The Bertz CT molecular complexity index is 946. The number of halogens is 1. The van der Waals surface area contributed by atoms with Crippen LogP contribution in [0.25, 0.3) is 11.3 Å².